The minimum absolute atomic E-state index is 0.0274. The van der Waals surface area contributed by atoms with Gasteiger partial charge in [-0.2, -0.15) is 0 Å². The molecular formula is C14H25N3O2S. The van der Waals surface area contributed by atoms with E-state index in [4.69, 9.17) is 0 Å². The molecule has 0 bridgehead atoms. The van der Waals surface area contributed by atoms with Gasteiger partial charge in [-0.1, -0.05) is 27.2 Å². The van der Waals surface area contributed by atoms with Gasteiger partial charge in [0, 0.05) is 24.5 Å². The Labute approximate surface area is 121 Å². The van der Waals surface area contributed by atoms with Crippen molar-refractivity contribution in [1.29, 1.82) is 0 Å². The van der Waals surface area contributed by atoms with Crippen LogP contribution >= 0.6 is 0 Å². The molecule has 0 saturated heterocycles. The molecule has 1 atom stereocenters. The van der Waals surface area contributed by atoms with E-state index in [2.05, 4.69) is 28.9 Å². The van der Waals surface area contributed by atoms with Crippen LogP contribution in [0, 0.1) is 5.41 Å². The van der Waals surface area contributed by atoms with Gasteiger partial charge >= 0.3 is 0 Å². The second kappa shape index (κ2) is 5.87. The first-order valence-electron chi connectivity index (χ1n) is 7.25. The second-order valence-electron chi connectivity index (χ2n) is 6.20. The van der Waals surface area contributed by atoms with Crippen molar-refractivity contribution in [3.05, 3.63) is 18.0 Å². The zero-order valence-electron chi connectivity index (χ0n) is 12.5. The van der Waals surface area contributed by atoms with Crippen LogP contribution in [0.15, 0.2) is 17.2 Å². The minimum Gasteiger partial charge on any atom is -0.363 e. The first kappa shape index (κ1) is 15.5. The van der Waals surface area contributed by atoms with Crippen LogP contribution in [-0.4, -0.2) is 26.0 Å². The van der Waals surface area contributed by atoms with E-state index in [9.17, 15) is 8.42 Å². The lowest BCUT2D eigenvalue weighted by molar-refractivity contribution is 0.313. The Hall–Kier alpha value is -0.850. The fourth-order valence-corrected chi connectivity index (χ4v) is 4.20. The second-order valence-corrected chi connectivity index (χ2v) is 7.91. The van der Waals surface area contributed by atoms with Crippen molar-refractivity contribution < 1.29 is 8.42 Å². The van der Waals surface area contributed by atoms with Crippen LogP contribution in [0.4, 0.5) is 0 Å². The highest BCUT2D eigenvalue weighted by atomic mass is 32.2. The molecule has 5 nitrogen and oxygen atoms in total. The first-order valence-corrected chi connectivity index (χ1v) is 8.74. The van der Waals surface area contributed by atoms with Gasteiger partial charge in [-0.25, -0.2) is 13.1 Å². The number of H-pyrrole nitrogens is 1. The van der Waals surface area contributed by atoms with Crippen LogP contribution in [0.2, 0.25) is 0 Å². The summed E-state index contributed by atoms with van der Waals surface area (Å²) in [7, 11) is -3.43. The van der Waals surface area contributed by atoms with Gasteiger partial charge in [-0.05, 0) is 30.9 Å². The topological polar surface area (TPSA) is 74.0 Å². The smallest absolute Gasteiger partial charge is 0.242 e. The molecule has 1 fully saturated rings. The summed E-state index contributed by atoms with van der Waals surface area (Å²) in [5.41, 5.74) is 0.925. The van der Waals surface area contributed by atoms with Crippen molar-refractivity contribution in [2.75, 3.05) is 6.54 Å². The zero-order valence-corrected chi connectivity index (χ0v) is 13.3. The zero-order chi connectivity index (χ0) is 14.8. The van der Waals surface area contributed by atoms with Gasteiger partial charge in [-0.3, -0.25) is 0 Å². The molecule has 0 radical (unpaired) electrons. The number of hydrogen-bond acceptors (Lipinski definition) is 3. The quantitative estimate of drug-likeness (QED) is 0.752. The Balaban J connectivity index is 2.08. The van der Waals surface area contributed by atoms with Crippen LogP contribution in [0.1, 0.15) is 45.7 Å². The van der Waals surface area contributed by atoms with Crippen LogP contribution in [-0.2, 0) is 16.6 Å². The number of rotatable bonds is 6. The van der Waals surface area contributed by atoms with Crippen molar-refractivity contribution >= 4 is 10.0 Å². The Morgan fingerprint density at radius 2 is 2.20 bits per heavy atom. The van der Waals surface area contributed by atoms with Gasteiger partial charge in [0.15, 0.2) is 0 Å². The van der Waals surface area contributed by atoms with E-state index in [1.165, 1.54) is 0 Å². The number of hydrogen-bond donors (Lipinski definition) is 3. The molecule has 2 rings (SSSR count). The summed E-state index contributed by atoms with van der Waals surface area (Å²) >= 11 is 0. The van der Waals surface area contributed by atoms with Crippen molar-refractivity contribution in [3.63, 3.8) is 0 Å². The molecule has 3 N–H and O–H groups in total. The van der Waals surface area contributed by atoms with Crippen LogP contribution in [0.25, 0.3) is 0 Å². The molecule has 6 heteroatoms. The van der Waals surface area contributed by atoms with Gasteiger partial charge in [0.2, 0.25) is 10.0 Å². The van der Waals surface area contributed by atoms with Gasteiger partial charge in [0.1, 0.15) is 0 Å². The summed E-state index contributed by atoms with van der Waals surface area (Å²) in [6, 6.07) is 1.73. The number of nitrogens with one attached hydrogen (secondary N) is 3. The van der Waals surface area contributed by atoms with Gasteiger partial charge in [0.05, 0.1) is 4.90 Å². The molecule has 1 aromatic rings. The third kappa shape index (κ3) is 3.42. The normalized spacial score (nSPS) is 22.2. The van der Waals surface area contributed by atoms with E-state index in [1.807, 2.05) is 6.92 Å². The van der Waals surface area contributed by atoms with Crippen LogP contribution in [0.5, 0.6) is 0 Å². The Morgan fingerprint density at radius 1 is 1.45 bits per heavy atom. The number of aromatic amines is 1. The summed E-state index contributed by atoms with van der Waals surface area (Å²) in [6.07, 6.45) is 4.63. The molecule has 1 heterocycles. The standard InChI is InChI=1S/C14H25N3O2S/c1-4-15-9-11-8-12(10-16-11)20(18,19)17-13-6-5-7-14(13,2)3/h8,10,13,15-17H,4-7,9H2,1-3H3. The van der Waals surface area contributed by atoms with Gasteiger partial charge in [0.25, 0.3) is 0 Å². The molecule has 1 aliphatic carbocycles. The maximum Gasteiger partial charge on any atom is 0.242 e. The molecule has 1 aliphatic rings. The summed E-state index contributed by atoms with van der Waals surface area (Å²) in [5, 5.41) is 3.17. The number of aromatic nitrogens is 1. The minimum atomic E-state index is -3.43. The van der Waals surface area contributed by atoms with E-state index in [0.717, 1.165) is 31.5 Å². The largest absolute Gasteiger partial charge is 0.363 e. The van der Waals surface area contributed by atoms with E-state index < -0.39 is 10.0 Å². The van der Waals surface area contributed by atoms with Crippen molar-refractivity contribution in [2.45, 2.75) is 57.5 Å². The third-order valence-electron chi connectivity index (χ3n) is 4.15. The van der Waals surface area contributed by atoms with E-state index in [0.29, 0.717) is 11.4 Å². The van der Waals surface area contributed by atoms with Crippen molar-refractivity contribution in [1.82, 2.24) is 15.0 Å². The summed E-state index contributed by atoms with van der Waals surface area (Å²) in [4.78, 5) is 3.34. The monoisotopic (exact) mass is 299 g/mol. The highest BCUT2D eigenvalue weighted by molar-refractivity contribution is 7.89. The molecular weight excluding hydrogens is 274 g/mol. The Morgan fingerprint density at radius 3 is 2.80 bits per heavy atom. The van der Waals surface area contributed by atoms with E-state index in [-0.39, 0.29) is 11.5 Å². The summed E-state index contributed by atoms with van der Waals surface area (Å²) in [5.74, 6) is 0. The maximum atomic E-state index is 12.4. The van der Waals surface area contributed by atoms with Crippen LogP contribution < -0.4 is 10.0 Å². The van der Waals surface area contributed by atoms with Crippen molar-refractivity contribution in [2.24, 2.45) is 5.41 Å². The first-order chi connectivity index (χ1) is 9.35. The molecule has 0 aromatic carbocycles. The molecule has 1 aromatic heterocycles. The average molecular weight is 299 g/mol. The molecule has 1 saturated carbocycles. The molecule has 0 aliphatic heterocycles. The predicted octanol–water partition coefficient (Wildman–Crippen LogP) is 1.98. The van der Waals surface area contributed by atoms with Crippen LogP contribution in [0.3, 0.4) is 0 Å². The lowest BCUT2D eigenvalue weighted by Crippen LogP contribution is -2.41. The fourth-order valence-electron chi connectivity index (χ4n) is 2.74. The third-order valence-corrected chi connectivity index (χ3v) is 5.60. The van der Waals surface area contributed by atoms with Crippen molar-refractivity contribution in [3.8, 4) is 0 Å². The molecule has 0 amide bonds. The predicted molar refractivity (Wildman–Crippen MR) is 79.9 cm³/mol. The lowest BCUT2D eigenvalue weighted by Gasteiger charge is -2.27. The Bertz CT molecular complexity index is 549. The molecule has 20 heavy (non-hydrogen) atoms. The highest BCUT2D eigenvalue weighted by Gasteiger charge is 2.37. The molecule has 114 valence electrons. The number of sulfonamides is 1. The molecule has 0 spiro atoms. The lowest BCUT2D eigenvalue weighted by atomic mass is 9.88. The SMILES string of the molecule is CCNCc1cc(S(=O)(=O)NC2CCCC2(C)C)c[nH]1. The highest BCUT2D eigenvalue weighted by Crippen LogP contribution is 2.37. The maximum absolute atomic E-state index is 12.4. The van der Waals surface area contributed by atoms with E-state index >= 15 is 0 Å². The van der Waals surface area contributed by atoms with Gasteiger partial charge in [-0.15, -0.1) is 0 Å². The molecule has 1 unspecified atom stereocenters. The van der Waals surface area contributed by atoms with Gasteiger partial charge < -0.3 is 10.3 Å². The summed E-state index contributed by atoms with van der Waals surface area (Å²) < 4.78 is 27.7. The Kier molecular flexibility index (Phi) is 4.56. The summed E-state index contributed by atoms with van der Waals surface area (Å²) in [6.45, 7) is 7.78. The average Bonchev–Trinajstić information content (AvgIpc) is 2.95. The van der Waals surface area contributed by atoms with E-state index in [1.54, 1.807) is 12.3 Å². The fraction of sp³-hybridized carbons (Fsp3) is 0.714.